The molecule has 0 unspecified atom stereocenters. The molecule has 0 fully saturated rings. The lowest BCUT2D eigenvalue weighted by atomic mass is 10.2. The van der Waals surface area contributed by atoms with Gasteiger partial charge in [-0.1, -0.05) is 28.9 Å². The first-order valence-corrected chi connectivity index (χ1v) is 5.59. The van der Waals surface area contributed by atoms with E-state index in [2.05, 4.69) is 16.4 Å². The van der Waals surface area contributed by atoms with Crippen LogP contribution in [0.4, 0.5) is 0 Å². The molecule has 0 aliphatic heterocycles. The first kappa shape index (κ1) is 11.6. The van der Waals surface area contributed by atoms with Crippen molar-refractivity contribution in [3.8, 4) is 6.07 Å². The second kappa shape index (κ2) is 4.98. The Morgan fingerprint density at radius 2 is 2.29 bits per heavy atom. The van der Waals surface area contributed by atoms with Gasteiger partial charge in [-0.25, -0.2) is 4.68 Å². The Bertz CT molecular complexity index is 568. The van der Waals surface area contributed by atoms with E-state index in [0.717, 1.165) is 17.0 Å². The van der Waals surface area contributed by atoms with Crippen LogP contribution in [0.15, 0.2) is 24.3 Å². The van der Waals surface area contributed by atoms with Crippen molar-refractivity contribution in [3.63, 3.8) is 0 Å². The summed E-state index contributed by atoms with van der Waals surface area (Å²) in [5.41, 5.74) is 2.72. The van der Waals surface area contributed by atoms with Crippen molar-refractivity contribution in [2.45, 2.75) is 19.9 Å². The number of rotatable bonds is 3. The Hall–Kier alpha value is -1.86. The quantitative estimate of drug-likeness (QED) is 0.835. The zero-order valence-corrected chi connectivity index (χ0v) is 10.1. The molecule has 1 heterocycles. The van der Waals surface area contributed by atoms with Gasteiger partial charge in [-0.3, -0.25) is 0 Å². The highest BCUT2D eigenvalue weighted by atomic mass is 35.5. The molecule has 5 heteroatoms. The Morgan fingerprint density at radius 1 is 1.47 bits per heavy atom. The second-order valence-corrected chi connectivity index (χ2v) is 4.18. The predicted molar refractivity (Wildman–Crippen MR) is 64.6 cm³/mol. The Labute approximate surface area is 104 Å². The summed E-state index contributed by atoms with van der Waals surface area (Å²) >= 11 is 5.92. The summed E-state index contributed by atoms with van der Waals surface area (Å²) in [5.74, 6) is 0. The van der Waals surface area contributed by atoms with E-state index >= 15 is 0 Å². The third-order valence-electron chi connectivity index (χ3n) is 2.55. The van der Waals surface area contributed by atoms with Crippen LogP contribution >= 0.6 is 11.6 Å². The lowest BCUT2D eigenvalue weighted by Gasteiger charge is -2.04. The maximum absolute atomic E-state index is 8.64. The molecule has 0 amide bonds. The Kier molecular flexibility index (Phi) is 3.40. The first-order valence-electron chi connectivity index (χ1n) is 5.21. The van der Waals surface area contributed by atoms with Gasteiger partial charge in [0.05, 0.1) is 30.4 Å². The molecule has 2 aromatic rings. The van der Waals surface area contributed by atoms with E-state index in [1.165, 1.54) is 0 Å². The third-order valence-corrected chi connectivity index (χ3v) is 2.78. The van der Waals surface area contributed by atoms with Crippen molar-refractivity contribution >= 4 is 11.6 Å². The number of halogens is 1. The standard InChI is InChI=1S/C12H11ClN4/c1-9-12(5-6-14)15-16-17(9)8-10-3-2-4-11(13)7-10/h2-4,7H,5,8H2,1H3. The van der Waals surface area contributed by atoms with Crippen LogP contribution < -0.4 is 0 Å². The highest BCUT2D eigenvalue weighted by molar-refractivity contribution is 6.30. The van der Waals surface area contributed by atoms with E-state index in [9.17, 15) is 0 Å². The summed E-state index contributed by atoms with van der Waals surface area (Å²) in [4.78, 5) is 0. The molecule has 0 aliphatic rings. The van der Waals surface area contributed by atoms with Crippen LogP contribution in [0.1, 0.15) is 17.0 Å². The van der Waals surface area contributed by atoms with E-state index < -0.39 is 0 Å². The minimum absolute atomic E-state index is 0.293. The maximum Gasteiger partial charge on any atom is 0.0996 e. The number of nitriles is 1. The first-order chi connectivity index (χ1) is 8.20. The van der Waals surface area contributed by atoms with Gasteiger partial charge in [0.15, 0.2) is 0 Å². The highest BCUT2D eigenvalue weighted by Gasteiger charge is 2.08. The average Bonchev–Trinajstić information content (AvgIpc) is 2.62. The Morgan fingerprint density at radius 3 is 3.00 bits per heavy atom. The van der Waals surface area contributed by atoms with E-state index in [0.29, 0.717) is 18.0 Å². The molecule has 0 aliphatic carbocycles. The van der Waals surface area contributed by atoms with Crippen molar-refractivity contribution in [2.24, 2.45) is 0 Å². The van der Waals surface area contributed by atoms with Gasteiger partial charge < -0.3 is 0 Å². The largest absolute Gasteiger partial charge is 0.245 e. The van der Waals surface area contributed by atoms with Crippen LogP contribution in [0, 0.1) is 18.3 Å². The summed E-state index contributed by atoms with van der Waals surface area (Å²) in [6, 6.07) is 9.69. The molecule has 1 aromatic carbocycles. The van der Waals surface area contributed by atoms with Gasteiger partial charge in [-0.05, 0) is 24.6 Å². The van der Waals surface area contributed by atoms with E-state index in [1.54, 1.807) is 4.68 Å². The normalized spacial score (nSPS) is 10.2. The minimum Gasteiger partial charge on any atom is -0.245 e. The minimum atomic E-state index is 0.293. The molecule has 0 atom stereocenters. The summed E-state index contributed by atoms with van der Waals surface area (Å²) in [6.07, 6.45) is 0.293. The molecule has 1 aromatic heterocycles. The number of nitrogens with zero attached hydrogens (tertiary/aromatic N) is 4. The van der Waals surface area contributed by atoms with Gasteiger partial charge in [-0.15, -0.1) is 5.10 Å². The van der Waals surface area contributed by atoms with Crippen molar-refractivity contribution in [2.75, 3.05) is 0 Å². The number of benzene rings is 1. The van der Waals surface area contributed by atoms with Gasteiger partial charge in [0.2, 0.25) is 0 Å². The lowest BCUT2D eigenvalue weighted by molar-refractivity contribution is 0.633. The molecule has 2 rings (SSSR count). The molecule has 0 saturated carbocycles. The summed E-state index contributed by atoms with van der Waals surface area (Å²) in [7, 11) is 0. The molecule has 17 heavy (non-hydrogen) atoms. The van der Waals surface area contributed by atoms with Crippen molar-refractivity contribution in [1.82, 2.24) is 15.0 Å². The average molecular weight is 247 g/mol. The highest BCUT2D eigenvalue weighted by Crippen LogP contribution is 2.13. The predicted octanol–water partition coefficient (Wildman–Crippen LogP) is 2.35. The molecule has 4 nitrogen and oxygen atoms in total. The smallest absolute Gasteiger partial charge is 0.0996 e. The number of hydrogen-bond acceptors (Lipinski definition) is 3. The van der Waals surface area contributed by atoms with Crippen LogP contribution in [0.25, 0.3) is 0 Å². The van der Waals surface area contributed by atoms with Gasteiger partial charge >= 0.3 is 0 Å². The zero-order chi connectivity index (χ0) is 12.3. The molecule has 0 N–H and O–H groups in total. The topological polar surface area (TPSA) is 54.5 Å². The zero-order valence-electron chi connectivity index (χ0n) is 9.39. The summed E-state index contributed by atoms with van der Waals surface area (Å²) < 4.78 is 1.78. The molecule has 0 radical (unpaired) electrons. The SMILES string of the molecule is Cc1c(CC#N)nnn1Cc1cccc(Cl)c1. The monoisotopic (exact) mass is 246 g/mol. The molecule has 86 valence electrons. The van der Waals surface area contributed by atoms with Crippen molar-refractivity contribution in [1.29, 1.82) is 5.26 Å². The van der Waals surface area contributed by atoms with Gasteiger partial charge in [-0.2, -0.15) is 5.26 Å². The van der Waals surface area contributed by atoms with Gasteiger partial charge in [0.25, 0.3) is 0 Å². The summed E-state index contributed by atoms with van der Waals surface area (Å²) in [6.45, 7) is 2.53. The van der Waals surface area contributed by atoms with Crippen LogP contribution in [-0.4, -0.2) is 15.0 Å². The molecule has 0 spiro atoms. The lowest BCUT2D eigenvalue weighted by Crippen LogP contribution is -2.04. The fourth-order valence-corrected chi connectivity index (χ4v) is 1.81. The second-order valence-electron chi connectivity index (χ2n) is 3.74. The fourth-order valence-electron chi connectivity index (χ4n) is 1.59. The van der Waals surface area contributed by atoms with Crippen LogP contribution in [0.3, 0.4) is 0 Å². The number of hydrogen-bond donors (Lipinski definition) is 0. The third kappa shape index (κ3) is 2.63. The van der Waals surface area contributed by atoms with Crippen LogP contribution in [0.5, 0.6) is 0 Å². The summed E-state index contributed by atoms with van der Waals surface area (Å²) in [5, 5.41) is 17.4. The Balaban J connectivity index is 2.22. The number of aromatic nitrogens is 3. The van der Waals surface area contributed by atoms with Gasteiger partial charge in [0.1, 0.15) is 0 Å². The maximum atomic E-state index is 8.64. The molecular formula is C12H11ClN4. The van der Waals surface area contributed by atoms with Crippen LogP contribution in [-0.2, 0) is 13.0 Å². The van der Waals surface area contributed by atoms with Crippen molar-refractivity contribution in [3.05, 3.63) is 46.2 Å². The molecule has 0 saturated heterocycles. The molecular weight excluding hydrogens is 236 g/mol. The van der Waals surface area contributed by atoms with E-state index in [1.807, 2.05) is 31.2 Å². The van der Waals surface area contributed by atoms with E-state index in [4.69, 9.17) is 16.9 Å². The fraction of sp³-hybridized carbons (Fsp3) is 0.250. The molecule has 0 bridgehead atoms. The van der Waals surface area contributed by atoms with Crippen molar-refractivity contribution < 1.29 is 0 Å². The van der Waals surface area contributed by atoms with E-state index in [-0.39, 0.29) is 0 Å². The van der Waals surface area contributed by atoms with Gasteiger partial charge in [0, 0.05) is 5.02 Å². The van der Waals surface area contributed by atoms with Crippen LogP contribution in [0.2, 0.25) is 5.02 Å².